The molecule has 1 amide bonds. The average Bonchev–Trinajstić information content (AvgIpc) is 2.65. The topological polar surface area (TPSA) is 66.8 Å². The van der Waals surface area contributed by atoms with Gasteiger partial charge in [-0.2, -0.15) is 0 Å². The van der Waals surface area contributed by atoms with Crippen molar-refractivity contribution in [2.24, 2.45) is 5.92 Å². The molecular weight excluding hydrogens is 234 g/mol. The summed E-state index contributed by atoms with van der Waals surface area (Å²) in [5.41, 5.74) is -0.519. The third kappa shape index (κ3) is 3.89. The van der Waals surface area contributed by atoms with E-state index >= 15 is 0 Å². The molecule has 0 aliphatic heterocycles. The van der Waals surface area contributed by atoms with Crippen molar-refractivity contribution in [2.75, 3.05) is 6.54 Å². The minimum absolute atomic E-state index is 0.00838. The van der Waals surface area contributed by atoms with E-state index in [2.05, 4.69) is 0 Å². The van der Waals surface area contributed by atoms with Crippen LogP contribution >= 0.6 is 0 Å². The normalized spacial score (nSPS) is 23.8. The van der Waals surface area contributed by atoms with Gasteiger partial charge in [-0.1, -0.05) is 0 Å². The monoisotopic (exact) mass is 257 g/mol. The Morgan fingerprint density at radius 1 is 1.33 bits per heavy atom. The molecule has 0 spiro atoms. The van der Waals surface area contributed by atoms with Crippen LogP contribution < -0.4 is 0 Å². The lowest BCUT2D eigenvalue weighted by molar-refractivity contribution is -0.141. The molecule has 0 aromatic heterocycles. The number of carbonyl (C=O) groups is 2. The standard InChI is InChI=1S/C13H23NO4/c1-5-14(12(17)18-13(2,3)4)10-7-6-9(8-10)11(15)16/h9-10H,5-8H2,1-4H3,(H,15,16). The SMILES string of the molecule is CCN(C(=O)OC(C)(C)C)C1CCC(C(=O)O)C1. The molecule has 0 heterocycles. The molecule has 1 fully saturated rings. The summed E-state index contributed by atoms with van der Waals surface area (Å²) in [4.78, 5) is 24.6. The summed E-state index contributed by atoms with van der Waals surface area (Å²) in [6, 6.07) is -0.00838. The highest BCUT2D eigenvalue weighted by Gasteiger charge is 2.36. The molecular formula is C13H23NO4. The van der Waals surface area contributed by atoms with Gasteiger partial charge in [0.2, 0.25) is 0 Å². The molecule has 5 nitrogen and oxygen atoms in total. The predicted molar refractivity (Wildman–Crippen MR) is 67.4 cm³/mol. The zero-order valence-corrected chi connectivity index (χ0v) is 11.6. The molecule has 0 saturated heterocycles. The van der Waals surface area contributed by atoms with Gasteiger partial charge in [0.1, 0.15) is 5.60 Å². The Kier molecular flexibility index (Phi) is 4.59. The van der Waals surface area contributed by atoms with Gasteiger partial charge < -0.3 is 14.7 Å². The van der Waals surface area contributed by atoms with Crippen LogP contribution in [0.4, 0.5) is 4.79 Å². The molecule has 0 radical (unpaired) electrons. The van der Waals surface area contributed by atoms with E-state index in [4.69, 9.17) is 9.84 Å². The number of ether oxygens (including phenoxy) is 1. The number of aliphatic carboxylic acids is 1. The van der Waals surface area contributed by atoms with Crippen LogP contribution in [0.2, 0.25) is 0 Å². The van der Waals surface area contributed by atoms with Gasteiger partial charge in [0.05, 0.1) is 5.92 Å². The number of carbonyl (C=O) groups excluding carboxylic acids is 1. The van der Waals surface area contributed by atoms with Crippen LogP contribution in [0.25, 0.3) is 0 Å². The fourth-order valence-electron chi connectivity index (χ4n) is 2.32. The van der Waals surface area contributed by atoms with Crippen LogP contribution in [-0.2, 0) is 9.53 Å². The van der Waals surface area contributed by atoms with E-state index in [0.29, 0.717) is 19.4 Å². The Morgan fingerprint density at radius 3 is 2.33 bits per heavy atom. The van der Waals surface area contributed by atoms with Gasteiger partial charge in [-0.25, -0.2) is 4.79 Å². The Hall–Kier alpha value is -1.26. The lowest BCUT2D eigenvalue weighted by atomic mass is 10.1. The first-order chi connectivity index (χ1) is 8.24. The zero-order chi connectivity index (χ0) is 13.9. The van der Waals surface area contributed by atoms with Crippen molar-refractivity contribution in [3.63, 3.8) is 0 Å². The van der Waals surface area contributed by atoms with E-state index in [9.17, 15) is 9.59 Å². The molecule has 0 aromatic rings. The van der Waals surface area contributed by atoms with Crippen LogP contribution in [0.15, 0.2) is 0 Å². The van der Waals surface area contributed by atoms with Crippen molar-refractivity contribution < 1.29 is 19.4 Å². The summed E-state index contributed by atoms with van der Waals surface area (Å²) in [6.45, 7) is 7.91. The Bertz CT molecular complexity index is 321. The molecule has 5 heteroatoms. The fourth-order valence-corrected chi connectivity index (χ4v) is 2.32. The van der Waals surface area contributed by atoms with Gasteiger partial charge in [-0.15, -0.1) is 0 Å². The third-order valence-corrected chi connectivity index (χ3v) is 3.16. The quantitative estimate of drug-likeness (QED) is 0.843. The van der Waals surface area contributed by atoms with E-state index in [1.807, 2.05) is 27.7 Å². The molecule has 2 atom stereocenters. The molecule has 1 rings (SSSR count). The largest absolute Gasteiger partial charge is 0.481 e. The van der Waals surface area contributed by atoms with Crippen molar-refractivity contribution in [1.29, 1.82) is 0 Å². The first-order valence-electron chi connectivity index (χ1n) is 6.47. The maximum Gasteiger partial charge on any atom is 0.410 e. The minimum Gasteiger partial charge on any atom is -0.481 e. The molecule has 1 aliphatic carbocycles. The van der Waals surface area contributed by atoms with Gasteiger partial charge in [0.15, 0.2) is 0 Å². The number of hydrogen-bond donors (Lipinski definition) is 1. The summed E-state index contributed by atoms with van der Waals surface area (Å²) in [6.07, 6.45) is 1.56. The number of nitrogens with zero attached hydrogens (tertiary/aromatic N) is 1. The highest BCUT2D eigenvalue weighted by Crippen LogP contribution is 2.30. The van der Waals surface area contributed by atoms with Crippen LogP contribution in [0, 0.1) is 5.92 Å². The van der Waals surface area contributed by atoms with Gasteiger partial charge in [-0.05, 0) is 47.0 Å². The third-order valence-electron chi connectivity index (χ3n) is 3.16. The second-order valence-electron chi connectivity index (χ2n) is 5.77. The molecule has 0 aromatic carbocycles. The molecule has 18 heavy (non-hydrogen) atoms. The van der Waals surface area contributed by atoms with Crippen molar-refractivity contribution in [3.05, 3.63) is 0 Å². The molecule has 1 N–H and O–H groups in total. The highest BCUT2D eigenvalue weighted by atomic mass is 16.6. The van der Waals surface area contributed by atoms with Gasteiger partial charge >= 0.3 is 12.1 Å². The van der Waals surface area contributed by atoms with Crippen LogP contribution in [0.3, 0.4) is 0 Å². The first-order valence-corrected chi connectivity index (χ1v) is 6.47. The summed E-state index contributed by atoms with van der Waals surface area (Å²) in [5, 5.41) is 8.98. The maximum absolute atomic E-state index is 12.0. The number of hydrogen-bond acceptors (Lipinski definition) is 3. The van der Waals surface area contributed by atoms with Crippen molar-refractivity contribution in [2.45, 2.75) is 58.6 Å². The van der Waals surface area contributed by atoms with E-state index < -0.39 is 11.6 Å². The summed E-state index contributed by atoms with van der Waals surface area (Å²) in [7, 11) is 0. The number of carboxylic acids is 1. The van der Waals surface area contributed by atoms with Crippen molar-refractivity contribution in [3.8, 4) is 0 Å². The summed E-state index contributed by atoms with van der Waals surface area (Å²) >= 11 is 0. The Balaban J connectivity index is 2.62. The molecule has 1 saturated carbocycles. The predicted octanol–water partition coefficient (Wildman–Crippen LogP) is 2.50. The Morgan fingerprint density at radius 2 is 1.94 bits per heavy atom. The van der Waals surface area contributed by atoms with E-state index in [0.717, 1.165) is 6.42 Å². The number of carboxylic acid groups (broad SMARTS) is 1. The molecule has 2 unspecified atom stereocenters. The van der Waals surface area contributed by atoms with E-state index in [1.165, 1.54) is 0 Å². The zero-order valence-electron chi connectivity index (χ0n) is 11.6. The molecule has 104 valence electrons. The summed E-state index contributed by atoms with van der Waals surface area (Å²) in [5.74, 6) is -1.09. The maximum atomic E-state index is 12.0. The van der Waals surface area contributed by atoms with Crippen LogP contribution in [0.1, 0.15) is 47.0 Å². The second-order valence-corrected chi connectivity index (χ2v) is 5.77. The first kappa shape index (κ1) is 14.8. The van der Waals surface area contributed by atoms with E-state index in [-0.39, 0.29) is 18.1 Å². The second kappa shape index (κ2) is 5.59. The van der Waals surface area contributed by atoms with E-state index in [1.54, 1.807) is 4.90 Å². The van der Waals surface area contributed by atoms with Gasteiger partial charge in [0, 0.05) is 12.6 Å². The smallest absolute Gasteiger partial charge is 0.410 e. The minimum atomic E-state index is -0.766. The number of rotatable bonds is 3. The molecule has 0 bridgehead atoms. The van der Waals surface area contributed by atoms with Crippen LogP contribution in [-0.4, -0.2) is 40.3 Å². The molecule has 1 aliphatic rings. The van der Waals surface area contributed by atoms with Crippen molar-refractivity contribution >= 4 is 12.1 Å². The summed E-state index contributed by atoms with van der Waals surface area (Å²) < 4.78 is 5.34. The van der Waals surface area contributed by atoms with Crippen LogP contribution in [0.5, 0.6) is 0 Å². The average molecular weight is 257 g/mol. The van der Waals surface area contributed by atoms with Crippen molar-refractivity contribution in [1.82, 2.24) is 4.90 Å². The number of amides is 1. The lowest BCUT2D eigenvalue weighted by Gasteiger charge is -2.30. The highest BCUT2D eigenvalue weighted by molar-refractivity contribution is 5.71. The Labute approximate surface area is 108 Å². The lowest BCUT2D eigenvalue weighted by Crippen LogP contribution is -2.42. The van der Waals surface area contributed by atoms with Gasteiger partial charge in [-0.3, -0.25) is 4.79 Å². The van der Waals surface area contributed by atoms with Gasteiger partial charge in [0.25, 0.3) is 0 Å². The fraction of sp³-hybridized carbons (Fsp3) is 0.846.